The van der Waals surface area contributed by atoms with Gasteiger partial charge in [0.15, 0.2) is 0 Å². The van der Waals surface area contributed by atoms with Crippen LogP contribution in [0.15, 0.2) is 0 Å². The highest BCUT2D eigenvalue weighted by Gasteiger charge is 2.33. The quantitative estimate of drug-likeness (QED) is 0.631. The van der Waals surface area contributed by atoms with Gasteiger partial charge in [-0.1, -0.05) is 33.1 Å². The van der Waals surface area contributed by atoms with Gasteiger partial charge in [-0.25, -0.2) is 0 Å². The van der Waals surface area contributed by atoms with Crippen LogP contribution in [-0.4, -0.2) is 47.9 Å². The Balaban J connectivity index is 2.35. The first-order chi connectivity index (χ1) is 9.10. The van der Waals surface area contributed by atoms with E-state index in [1.807, 2.05) is 6.92 Å². The third-order valence-corrected chi connectivity index (χ3v) is 4.29. The minimum absolute atomic E-state index is 0.328. The number of unbranched alkanes of at least 4 members (excludes halogenated alkanes) is 3. The summed E-state index contributed by atoms with van der Waals surface area (Å²) in [5, 5.41) is 0. The second kappa shape index (κ2) is 8.57. The lowest BCUT2D eigenvalue weighted by atomic mass is 10.1. The largest absolute Gasteiger partial charge is 0.336 e. The number of nitrogens with zero attached hydrogens (tertiary/aromatic N) is 2. The average molecular weight is 268 g/mol. The summed E-state index contributed by atoms with van der Waals surface area (Å²) in [5.41, 5.74) is 0. The minimum Gasteiger partial charge on any atom is -0.336 e. The Hall–Kier alpha value is -0.570. The van der Waals surface area contributed by atoms with E-state index in [0.717, 1.165) is 6.54 Å². The summed E-state index contributed by atoms with van der Waals surface area (Å²) in [4.78, 5) is 16.6. The van der Waals surface area contributed by atoms with E-state index in [1.54, 1.807) is 0 Å². The van der Waals surface area contributed by atoms with Gasteiger partial charge in [-0.3, -0.25) is 4.79 Å². The Kier molecular flexibility index (Phi) is 7.44. The van der Waals surface area contributed by atoms with Gasteiger partial charge in [0.25, 0.3) is 0 Å². The van der Waals surface area contributed by atoms with Crippen molar-refractivity contribution in [2.75, 3.05) is 20.1 Å². The fourth-order valence-corrected chi connectivity index (χ4v) is 3.14. The summed E-state index contributed by atoms with van der Waals surface area (Å²) < 4.78 is 0. The summed E-state index contributed by atoms with van der Waals surface area (Å²) in [5.74, 6) is 0.328. The minimum atomic E-state index is 0.328. The highest BCUT2D eigenvalue weighted by molar-refractivity contribution is 5.76. The van der Waals surface area contributed by atoms with E-state index in [9.17, 15) is 4.79 Å². The molecule has 0 unspecified atom stereocenters. The predicted molar refractivity (Wildman–Crippen MR) is 81.3 cm³/mol. The molecule has 0 N–H and O–H groups in total. The molecule has 1 amide bonds. The standard InChI is InChI=1S/C16H32N2O/c1-5-7-8-9-12-17(4)13-15-11-10-14(3)18(15)16(19)6-2/h14-15H,5-13H2,1-4H3/t14-,15-/m1/s1. The molecule has 2 atom stereocenters. The predicted octanol–water partition coefficient (Wildman–Crippen LogP) is 3.29. The average Bonchev–Trinajstić information content (AvgIpc) is 2.75. The summed E-state index contributed by atoms with van der Waals surface area (Å²) in [6, 6.07) is 0.879. The molecule has 0 aromatic heterocycles. The topological polar surface area (TPSA) is 23.6 Å². The Bertz CT molecular complexity index is 267. The molecule has 0 aromatic rings. The first-order valence-electron chi connectivity index (χ1n) is 8.09. The molecule has 1 saturated heterocycles. The second-order valence-electron chi connectivity index (χ2n) is 6.06. The van der Waals surface area contributed by atoms with E-state index in [1.165, 1.54) is 45.1 Å². The van der Waals surface area contributed by atoms with Gasteiger partial charge in [0, 0.05) is 25.0 Å². The lowest BCUT2D eigenvalue weighted by molar-refractivity contribution is -0.133. The molecule has 1 fully saturated rings. The van der Waals surface area contributed by atoms with Gasteiger partial charge < -0.3 is 9.80 Å². The van der Waals surface area contributed by atoms with Crippen molar-refractivity contribution >= 4 is 5.91 Å². The van der Waals surface area contributed by atoms with E-state index >= 15 is 0 Å². The number of likely N-dealkylation sites (tertiary alicyclic amines) is 1. The molecule has 1 heterocycles. The highest BCUT2D eigenvalue weighted by atomic mass is 16.2. The monoisotopic (exact) mass is 268 g/mol. The van der Waals surface area contributed by atoms with Crippen molar-refractivity contribution in [2.24, 2.45) is 0 Å². The van der Waals surface area contributed by atoms with E-state index in [-0.39, 0.29) is 0 Å². The maximum Gasteiger partial charge on any atom is 0.222 e. The number of carbonyl (C=O) groups is 1. The lowest BCUT2D eigenvalue weighted by Gasteiger charge is -2.31. The number of amides is 1. The molecule has 0 saturated carbocycles. The molecular formula is C16H32N2O. The van der Waals surface area contributed by atoms with Gasteiger partial charge in [0.1, 0.15) is 0 Å². The van der Waals surface area contributed by atoms with Crippen LogP contribution in [0, 0.1) is 0 Å². The molecule has 1 aliphatic heterocycles. The molecular weight excluding hydrogens is 236 g/mol. The third-order valence-electron chi connectivity index (χ3n) is 4.29. The van der Waals surface area contributed by atoms with Crippen LogP contribution >= 0.6 is 0 Å². The smallest absolute Gasteiger partial charge is 0.222 e. The second-order valence-corrected chi connectivity index (χ2v) is 6.06. The molecule has 3 heteroatoms. The van der Waals surface area contributed by atoms with Crippen LogP contribution in [0.2, 0.25) is 0 Å². The molecule has 3 nitrogen and oxygen atoms in total. The van der Waals surface area contributed by atoms with Crippen LogP contribution in [0.5, 0.6) is 0 Å². The molecule has 0 bridgehead atoms. The number of hydrogen-bond acceptors (Lipinski definition) is 2. The number of carbonyl (C=O) groups excluding carboxylic acids is 1. The summed E-state index contributed by atoms with van der Waals surface area (Å²) >= 11 is 0. The lowest BCUT2D eigenvalue weighted by Crippen LogP contribution is -2.45. The van der Waals surface area contributed by atoms with Crippen LogP contribution in [0.4, 0.5) is 0 Å². The summed E-state index contributed by atoms with van der Waals surface area (Å²) in [7, 11) is 2.20. The first-order valence-corrected chi connectivity index (χ1v) is 8.09. The van der Waals surface area contributed by atoms with Crippen molar-refractivity contribution in [3.05, 3.63) is 0 Å². The Morgan fingerprint density at radius 1 is 1.21 bits per heavy atom. The fourth-order valence-electron chi connectivity index (χ4n) is 3.14. The van der Waals surface area contributed by atoms with E-state index < -0.39 is 0 Å². The van der Waals surface area contributed by atoms with Crippen molar-refractivity contribution in [3.8, 4) is 0 Å². The number of likely N-dealkylation sites (N-methyl/N-ethyl adjacent to an activating group) is 1. The maximum absolute atomic E-state index is 12.0. The van der Waals surface area contributed by atoms with Gasteiger partial charge in [-0.05, 0) is 39.8 Å². The van der Waals surface area contributed by atoms with Crippen LogP contribution in [0.25, 0.3) is 0 Å². The molecule has 0 spiro atoms. The normalized spacial score (nSPS) is 23.3. The molecule has 0 radical (unpaired) electrons. The summed E-state index contributed by atoms with van der Waals surface area (Å²) in [6.45, 7) is 8.62. The van der Waals surface area contributed by atoms with Crippen molar-refractivity contribution < 1.29 is 4.79 Å². The van der Waals surface area contributed by atoms with E-state index in [4.69, 9.17) is 0 Å². The third kappa shape index (κ3) is 5.13. The van der Waals surface area contributed by atoms with Gasteiger partial charge in [-0.15, -0.1) is 0 Å². The number of rotatable bonds is 8. The zero-order valence-electron chi connectivity index (χ0n) is 13.3. The van der Waals surface area contributed by atoms with Crippen LogP contribution < -0.4 is 0 Å². The van der Waals surface area contributed by atoms with Crippen molar-refractivity contribution in [2.45, 2.75) is 77.8 Å². The molecule has 112 valence electrons. The SMILES string of the molecule is CCCCCCN(C)C[C@H]1CC[C@@H](C)N1C(=O)CC. The van der Waals surface area contributed by atoms with Gasteiger partial charge in [0.05, 0.1) is 0 Å². The van der Waals surface area contributed by atoms with E-state index in [2.05, 4.69) is 30.7 Å². The van der Waals surface area contributed by atoms with E-state index in [0.29, 0.717) is 24.4 Å². The Labute approximate surface area is 119 Å². The molecule has 1 rings (SSSR count). The number of hydrogen-bond donors (Lipinski definition) is 0. The van der Waals surface area contributed by atoms with Crippen LogP contribution in [-0.2, 0) is 4.79 Å². The first kappa shape index (κ1) is 16.5. The molecule has 1 aliphatic rings. The van der Waals surface area contributed by atoms with Crippen LogP contribution in [0.1, 0.15) is 65.7 Å². The molecule has 0 aliphatic carbocycles. The maximum atomic E-state index is 12.0. The zero-order valence-corrected chi connectivity index (χ0v) is 13.3. The highest BCUT2D eigenvalue weighted by Crippen LogP contribution is 2.25. The zero-order chi connectivity index (χ0) is 14.3. The Morgan fingerprint density at radius 2 is 1.95 bits per heavy atom. The molecule has 0 aromatic carbocycles. The van der Waals surface area contributed by atoms with Crippen molar-refractivity contribution in [1.29, 1.82) is 0 Å². The van der Waals surface area contributed by atoms with Gasteiger partial charge in [-0.2, -0.15) is 0 Å². The van der Waals surface area contributed by atoms with Gasteiger partial charge >= 0.3 is 0 Å². The summed E-state index contributed by atoms with van der Waals surface area (Å²) in [6.07, 6.45) is 8.23. The Morgan fingerprint density at radius 3 is 2.58 bits per heavy atom. The van der Waals surface area contributed by atoms with Crippen molar-refractivity contribution in [3.63, 3.8) is 0 Å². The fraction of sp³-hybridized carbons (Fsp3) is 0.938. The van der Waals surface area contributed by atoms with Gasteiger partial charge in [0.2, 0.25) is 5.91 Å². The van der Waals surface area contributed by atoms with Crippen LogP contribution in [0.3, 0.4) is 0 Å². The van der Waals surface area contributed by atoms with Crippen molar-refractivity contribution in [1.82, 2.24) is 9.80 Å². The molecule has 19 heavy (non-hydrogen) atoms.